The van der Waals surface area contributed by atoms with Crippen LogP contribution in [0.3, 0.4) is 0 Å². The van der Waals surface area contributed by atoms with Crippen LogP contribution < -0.4 is 11.2 Å². The first-order valence-electron chi connectivity index (χ1n) is 5.22. The molecule has 0 saturated heterocycles. The molecule has 86 valence electrons. The first kappa shape index (κ1) is 10.7. The van der Waals surface area contributed by atoms with Crippen molar-refractivity contribution in [1.29, 1.82) is 0 Å². The van der Waals surface area contributed by atoms with Crippen LogP contribution in [0.4, 0.5) is 0 Å². The lowest BCUT2D eigenvalue weighted by atomic mass is 10.1. The van der Waals surface area contributed by atoms with E-state index in [1.54, 1.807) is 7.05 Å². The van der Waals surface area contributed by atoms with Gasteiger partial charge in [-0.1, -0.05) is 13.8 Å². The molecule has 0 unspecified atom stereocenters. The number of aromatic amines is 1. The van der Waals surface area contributed by atoms with Gasteiger partial charge in [0.1, 0.15) is 5.65 Å². The topological polar surface area (TPSA) is 59.8 Å². The summed E-state index contributed by atoms with van der Waals surface area (Å²) in [5.74, 6) is 0.298. The minimum Gasteiger partial charge on any atom is -0.344 e. The Morgan fingerprint density at radius 2 is 1.81 bits per heavy atom. The van der Waals surface area contributed by atoms with Crippen molar-refractivity contribution in [1.82, 2.24) is 14.1 Å². The summed E-state index contributed by atoms with van der Waals surface area (Å²) in [7, 11) is 3.15. The molecule has 0 bridgehead atoms. The summed E-state index contributed by atoms with van der Waals surface area (Å²) in [6.45, 7) is 4.07. The number of nitrogens with zero attached hydrogens (tertiary/aromatic N) is 2. The quantitative estimate of drug-likeness (QED) is 0.770. The van der Waals surface area contributed by atoms with Crippen molar-refractivity contribution in [2.75, 3.05) is 0 Å². The van der Waals surface area contributed by atoms with E-state index in [2.05, 4.69) is 4.98 Å². The second-order valence-corrected chi connectivity index (χ2v) is 4.35. The smallest absolute Gasteiger partial charge is 0.332 e. The molecule has 0 aromatic carbocycles. The van der Waals surface area contributed by atoms with Gasteiger partial charge in [-0.05, 0) is 12.0 Å². The molecule has 0 atom stereocenters. The molecule has 0 fully saturated rings. The van der Waals surface area contributed by atoms with Crippen LogP contribution in [0.5, 0.6) is 0 Å². The number of nitrogens with one attached hydrogen (secondary N) is 1. The van der Waals surface area contributed by atoms with E-state index >= 15 is 0 Å². The van der Waals surface area contributed by atoms with Gasteiger partial charge in [0.05, 0.1) is 5.39 Å². The third-order valence-electron chi connectivity index (χ3n) is 2.88. The van der Waals surface area contributed by atoms with Crippen LogP contribution in [0.15, 0.2) is 15.7 Å². The fourth-order valence-electron chi connectivity index (χ4n) is 1.79. The van der Waals surface area contributed by atoms with Gasteiger partial charge < -0.3 is 4.98 Å². The third kappa shape index (κ3) is 1.31. The van der Waals surface area contributed by atoms with Gasteiger partial charge in [0.2, 0.25) is 0 Å². The molecule has 2 heterocycles. The Labute approximate surface area is 92.3 Å². The van der Waals surface area contributed by atoms with Crippen LogP contribution in [-0.4, -0.2) is 14.1 Å². The lowest BCUT2D eigenvalue weighted by Crippen LogP contribution is -2.36. The lowest BCUT2D eigenvalue weighted by molar-refractivity contribution is 0.708. The molecule has 5 heteroatoms. The van der Waals surface area contributed by atoms with Crippen LogP contribution in [-0.2, 0) is 14.1 Å². The molecule has 2 aromatic heterocycles. The van der Waals surface area contributed by atoms with E-state index in [1.165, 1.54) is 11.6 Å². The maximum Gasteiger partial charge on any atom is 0.332 e. The summed E-state index contributed by atoms with van der Waals surface area (Å²) in [6, 6.07) is 1.82. The average Bonchev–Trinajstić information content (AvgIpc) is 2.68. The van der Waals surface area contributed by atoms with Crippen molar-refractivity contribution >= 4 is 11.0 Å². The lowest BCUT2D eigenvalue weighted by Gasteiger charge is -2.02. The van der Waals surface area contributed by atoms with Gasteiger partial charge in [0.25, 0.3) is 5.56 Å². The Hall–Kier alpha value is -1.78. The van der Waals surface area contributed by atoms with Gasteiger partial charge >= 0.3 is 5.69 Å². The predicted octanol–water partition coefficient (Wildman–Crippen LogP) is 0.689. The van der Waals surface area contributed by atoms with Crippen LogP contribution in [0.1, 0.15) is 25.5 Å². The number of aromatic nitrogens is 3. The highest BCUT2D eigenvalue weighted by atomic mass is 16.2. The molecule has 0 spiro atoms. The summed E-state index contributed by atoms with van der Waals surface area (Å²) in [6.07, 6.45) is 0. The predicted molar refractivity (Wildman–Crippen MR) is 62.9 cm³/mol. The van der Waals surface area contributed by atoms with Crippen molar-refractivity contribution in [2.24, 2.45) is 14.1 Å². The Balaban J connectivity index is 2.98. The highest BCUT2D eigenvalue weighted by Crippen LogP contribution is 2.16. The van der Waals surface area contributed by atoms with Crippen LogP contribution in [0, 0.1) is 0 Å². The Morgan fingerprint density at radius 1 is 1.19 bits per heavy atom. The molecule has 0 radical (unpaired) electrons. The van der Waals surface area contributed by atoms with Gasteiger partial charge in [-0.2, -0.15) is 0 Å². The fraction of sp³-hybridized carbons (Fsp3) is 0.455. The van der Waals surface area contributed by atoms with Crippen molar-refractivity contribution < 1.29 is 0 Å². The molecule has 2 rings (SSSR count). The zero-order valence-electron chi connectivity index (χ0n) is 9.87. The Kier molecular flexibility index (Phi) is 2.26. The van der Waals surface area contributed by atoms with E-state index < -0.39 is 0 Å². The highest BCUT2D eigenvalue weighted by molar-refractivity contribution is 5.76. The molecule has 16 heavy (non-hydrogen) atoms. The van der Waals surface area contributed by atoms with Gasteiger partial charge in [0.15, 0.2) is 0 Å². The second kappa shape index (κ2) is 3.37. The SMILES string of the molecule is CC(C)c1cc2c(=O)n(C)c(=O)n(C)c2[nH]1. The molecule has 0 aliphatic carbocycles. The zero-order valence-corrected chi connectivity index (χ0v) is 9.87. The minimum absolute atomic E-state index is 0.249. The monoisotopic (exact) mass is 221 g/mol. The molecular weight excluding hydrogens is 206 g/mol. The first-order valence-corrected chi connectivity index (χ1v) is 5.22. The standard InChI is InChI=1S/C11H15N3O2/c1-6(2)8-5-7-9(12-8)13(3)11(16)14(4)10(7)15/h5-6,12H,1-4H3. The zero-order chi connectivity index (χ0) is 12.0. The van der Waals surface area contributed by atoms with E-state index in [0.717, 1.165) is 10.3 Å². The number of H-pyrrole nitrogens is 1. The number of hydrogen-bond acceptors (Lipinski definition) is 2. The van der Waals surface area contributed by atoms with Crippen LogP contribution >= 0.6 is 0 Å². The van der Waals surface area contributed by atoms with Gasteiger partial charge in [-0.25, -0.2) is 4.79 Å². The third-order valence-corrected chi connectivity index (χ3v) is 2.88. The summed E-state index contributed by atoms with van der Waals surface area (Å²) in [5, 5.41) is 0.563. The molecule has 0 aliphatic heterocycles. The van der Waals surface area contributed by atoms with Crippen molar-refractivity contribution in [3.05, 3.63) is 32.6 Å². The average molecular weight is 221 g/mol. The fourth-order valence-corrected chi connectivity index (χ4v) is 1.79. The van der Waals surface area contributed by atoms with Gasteiger partial charge in [0, 0.05) is 19.8 Å². The van der Waals surface area contributed by atoms with Crippen molar-refractivity contribution in [2.45, 2.75) is 19.8 Å². The van der Waals surface area contributed by atoms with E-state index in [9.17, 15) is 9.59 Å². The molecule has 0 amide bonds. The van der Waals surface area contributed by atoms with Crippen molar-refractivity contribution in [3.8, 4) is 0 Å². The highest BCUT2D eigenvalue weighted by Gasteiger charge is 2.12. The van der Waals surface area contributed by atoms with E-state index in [4.69, 9.17) is 0 Å². The summed E-state index contributed by atoms with van der Waals surface area (Å²) in [4.78, 5) is 26.7. The number of hydrogen-bond donors (Lipinski definition) is 1. The molecule has 0 saturated carbocycles. The summed E-state index contributed by atoms with van der Waals surface area (Å²) in [5.41, 5.74) is 1.00. The second-order valence-electron chi connectivity index (χ2n) is 4.35. The van der Waals surface area contributed by atoms with Gasteiger partial charge in [-0.15, -0.1) is 0 Å². The van der Waals surface area contributed by atoms with Crippen LogP contribution in [0.25, 0.3) is 11.0 Å². The largest absolute Gasteiger partial charge is 0.344 e. The maximum absolute atomic E-state index is 11.9. The molecular formula is C11H15N3O2. The number of rotatable bonds is 1. The Morgan fingerprint density at radius 3 is 2.38 bits per heavy atom. The molecule has 1 N–H and O–H groups in total. The number of fused-ring (bicyclic) bond motifs is 1. The number of aryl methyl sites for hydroxylation is 1. The first-order chi connectivity index (χ1) is 7.43. The van der Waals surface area contributed by atoms with E-state index in [-0.39, 0.29) is 11.2 Å². The van der Waals surface area contributed by atoms with E-state index in [1.807, 2.05) is 19.9 Å². The van der Waals surface area contributed by atoms with Crippen LogP contribution in [0.2, 0.25) is 0 Å². The van der Waals surface area contributed by atoms with Crippen molar-refractivity contribution in [3.63, 3.8) is 0 Å². The molecule has 5 nitrogen and oxygen atoms in total. The van der Waals surface area contributed by atoms with Gasteiger partial charge in [-0.3, -0.25) is 13.9 Å². The maximum atomic E-state index is 11.9. The molecule has 2 aromatic rings. The van der Waals surface area contributed by atoms with E-state index in [0.29, 0.717) is 17.0 Å². The summed E-state index contributed by atoms with van der Waals surface area (Å²) >= 11 is 0. The molecule has 0 aliphatic rings. The normalized spacial score (nSPS) is 11.6. The minimum atomic E-state index is -0.311. The Bertz CT molecular complexity index is 658. The summed E-state index contributed by atoms with van der Waals surface area (Å²) < 4.78 is 2.59.